The van der Waals surface area contributed by atoms with Gasteiger partial charge in [-0.2, -0.15) is 71.3 Å². The molecular formula is C60H98N6O4S4. The third kappa shape index (κ3) is 34.6. The Morgan fingerprint density at radius 3 is 0.919 bits per heavy atom. The van der Waals surface area contributed by atoms with Crippen LogP contribution in [0, 0.1) is 22.7 Å². The molecule has 10 nitrogen and oxygen atoms in total. The highest BCUT2D eigenvalue weighted by Gasteiger charge is 2.29. The lowest BCUT2D eigenvalue weighted by molar-refractivity contribution is -0.122. The van der Waals surface area contributed by atoms with Crippen LogP contribution in [0.3, 0.4) is 0 Å². The van der Waals surface area contributed by atoms with Crippen molar-refractivity contribution in [3.05, 3.63) is 58.7 Å². The van der Waals surface area contributed by atoms with Gasteiger partial charge in [0.05, 0.1) is 25.4 Å². The molecule has 0 bridgehead atoms. The van der Waals surface area contributed by atoms with Crippen molar-refractivity contribution in [3.8, 4) is 23.6 Å². The van der Waals surface area contributed by atoms with Gasteiger partial charge in [-0.3, -0.25) is 9.59 Å². The third-order valence-electron chi connectivity index (χ3n) is 13.8. The van der Waals surface area contributed by atoms with Crippen LogP contribution < -0.4 is 20.1 Å². The van der Waals surface area contributed by atoms with Crippen molar-refractivity contribution in [2.24, 2.45) is 10.2 Å². The Labute approximate surface area is 472 Å². The van der Waals surface area contributed by atoms with Crippen LogP contribution in [-0.4, -0.2) is 49.2 Å². The molecular weight excluding hydrogens is 997 g/mol. The maximum Gasteiger partial charge on any atom is 0.220 e. The molecule has 2 atom stereocenters. The van der Waals surface area contributed by atoms with Crippen molar-refractivity contribution in [1.82, 2.24) is 10.6 Å². The molecule has 0 fully saturated rings. The Balaban J connectivity index is 1.38. The van der Waals surface area contributed by atoms with Gasteiger partial charge in [-0.25, -0.2) is 0 Å². The van der Waals surface area contributed by atoms with Gasteiger partial charge in [0, 0.05) is 48.9 Å². The van der Waals surface area contributed by atoms with E-state index in [1.165, 1.54) is 164 Å². The van der Waals surface area contributed by atoms with Gasteiger partial charge in [-0.1, -0.05) is 166 Å². The van der Waals surface area contributed by atoms with Crippen LogP contribution in [0.1, 0.15) is 242 Å². The second-order valence-corrected chi connectivity index (χ2v) is 22.1. The summed E-state index contributed by atoms with van der Waals surface area (Å²) in [5.41, 5.74) is 2.23. The van der Waals surface area contributed by atoms with Crippen molar-refractivity contribution >= 4 is 62.3 Å². The topological polar surface area (TPSA) is 149 Å². The Morgan fingerprint density at radius 2 is 0.676 bits per heavy atom. The summed E-state index contributed by atoms with van der Waals surface area (Å²) in [4.78, 5) is 25.2. The molecule has 74 heavy (non-hydrogen) atoms. The Bertz CT molecular complexity index is 1730. The van der Waals surface area contributed by atoms with Crippen LogP contribution in [-0.2, 0) is 32.6 Å². The number of amides is 2. The number of hydrogen-bond donors (Lipinski definition) is 6. The monoisotopic (exact) mass is 1090 g/mol. The number of nitriles is 2. The number of carbonyl (C=O) groups excluding carboxylic acids is 2. The summed E-state index contributed by atoms with van der Waals surface area (Å²) in [5, 5.41) is 34.2. The number of ether oxygens (including phenoxy) is 2. The molecule has 0 aromatic heterocycles. The molecule has 14 heteroatoms. The van der Waals surface area contributed by atoms with Gasteiger partial charge >= 0.3 is 0 Å². The first-order valence-corrected chi connectivity index (χ1v) is 31.3. The van der Waals surface area contributed by atoms with Crippen LogP contribution in [0.4, 0.5) is 0 Å². The molecule has 0 aliphatic heterocycles. The fourth-order valence-corrected chi connectivity index (χ4v) is 9.62. The third-order valence-corrected chi connectivity index (χ3v) is 15.2. The summed E-state index contributed by atoms with van der Waals surface area (Å²) in [6.07, 6.45) is 35.0. The van der Waals surface area contributed by atoms with Gasteiger partial charge in [0.25, 0.3) is 0 Å². The number of nitrogens with one attached hydrogen (secondary N) is 2. The largest absolute Gasteiger partial charge is 0.494 e. The zero-order valence-electron chi connectivity index (χ0n) is 46.0. The molecule has 0 radical (unpaired) electrons. The van der Waals surface area contributed by atoms with E-state index in [4.69, 9.17) is 9.47 Å². The van der Waals surface area contributed by atoms with Gasteiger partial charge in [0.1, 0.15) is 11.5 Å². The van der Waals surface area contributed by atoms with E-state index in [-0.39, 0.29) is 37.5 Å². The Hall–Kier alpha value is -3.04. The smallest absolute Gasteiger partial charge is 0.220 e. The number of rotatable bonds is 48. The van der Waals surface area contributed by atoms with Crippen molar-refractivity contribution in [3.63, 3.8) is 0 Å². The second-order valence-electron chi connectivity index (χ2n) is 20.9. The zero-order valence-corrected chi connectivity index (χ0v) is 49.5. The highest BCUT2D eigenvalue weighted by atomic mass is 32.1. The SMILES string of the molecule is CC(C#N)(CCC(=O)NCCCCCCCCCCCCCCCCOc1cc(CS)cc(CS)c1)N=NC(C)(C#N)CCC(=O)NCCCCCCCCCCCCCCCCOc1cc(CS)cc(CS)c1. The van der Waals surface area contributed by atoms with E-state index in [9.17, 15) is 20.1 Å². The average molecular weight is 1100 g/mol. The van der Waals surface area contributed by atoms with Gasteiger partial charge in [0.15, 0.2) is 11.1 Å². The van der Waals surface area contributed by atoms with Crippen molar-refractivity contribution in [1.29, 1.82) is 10.5 Å². The molecule has 416 valence electrons. The van der Waals surface area contributed by atoms with Crippen LogP contribution >= 0.6 is 50.5 Å². The summed E-state index contributed by atoms with van der Waals surface area (Å²) in [5.74, 6) is 4.49. The fourth-order valence-electron chi connectivity index (χ4n) is 8.89. The maximum atomic E-state index is 12.6. The Morgan fingerprint density at radius 1 is 0.432 bits per heavy atom. The van der Waals surface area contributed by atoms with Crippen LogP contribution in [0.2, 0.25) is 0 Å². The van der Waals surface area contributed by atoms with Crippen molar-refractivity contribution < 1.29 is 19.1 Å². The summed E-state index contributed by atoms with van der Waals surface area (Å²) in [6.45, 7) is 6.05. The lowest BCUT2D eigenvalue weighted by Crippen LogP contribution is -2.30. The van der Waals surface area contributed by atoms with E-state index in [0.29, 0.717) is 36.1 Å². The standard InChI is InChI=1S/C60H98N6O4S4/c1-59(49-61,33-31-57(67)63-35-27-23-19-15-11-7-3-5-9-13-17-21-25-29-37-69-55-41-51(45-71)39-52(42-55)46-72)65-66-60(2,50-62)34-32-58(68)64-36-28-24-20-16-12-8-4-6-10-14-18-22-26-30-38-70-56-43-53(47-73)40-54(44-56)48-74/h39-44,71-74H,3-38,45-48H2,1-2H3,(H,63,67)(H,64,68). The molecule has 2 rings (SSSR count). The Kier molecular flexibility index (Phi) is 39.9. The predicted molar refractivity (Wildman–Crippen MR) is 321 cm³/mol. The number of unbranched alkanes of at least 4 members (excludes halogenated alkanes) is 26. The van der Waals surface area contributed by atoms with Gasteiger partial charge in [0.2, 0.25) is 11.8 Å². The molecule has 0 saturated carbocycles. The van der Waals surface area contributed by atoms with E-state index >= 15 is 0 Å². The van der Waals surface area contributed by atoms with Gasteiger partial charge in [-0.15, -0.1) is 0 Å². The summed E-state index contributed by atoms with van der Waals surface area (Å²) in [7, 11) is 0. The van der Waals surface area contributed by atoms with E-state index < -0.39 is 11.1 Å². The predicted octanol–water partition coefficient (Wildman–Crippen LogP) is 16.6. The van der Waals surface area contributed by atoms with E-state index in [1.54, 1.807) is 13.8 Å². The molecule has 2 unspecified atom stereocenters. The number of benzene rings is 2. The zero-order chi connectivity index (χ0) is 53.8. The van der Waals surface area contributed by atoms with E-state index in [0.717, 1.165) is 63.2 Å². The summed E-state index contributed by atoms with van der Waals surface area (Å²) >= 11 is 17.6. The average Bonchev–Trinajstić information content (AvgIpc) is 3.42. The molecule has 0 aliphatic carbocycles. The molecule has 2 amide bonds. The quantitative estimate of drug-likeness (QED) is 0.0221. The highest BCUT2D eigenvalue weighted by molar-refractivity contribution is 7.79. The molecule has 0 spiro atoms. The number of azo groups is 1. The number of thiol groups is 4. The summed E-state index contributed by atoms with van der Waals surface area (Å²) in [6, 6.07) is 16.9. The number of carbonyl (C=O) groups is 2. The number of nitrogens with zero attached hydrogens (tertiary/aromatic N) is 4. The molecule has 2 N–H and O–H groups in total. The lowest BCUT2D eigenvalue weighted by atomic mass is 9.97. The van der Waals surface area contributed by atoms with E-state index in [2.05, 4.69) is 120 Å². The minimum Gasteiger partial charge on any atom is -0.494 e. The first kappa shape index (κ1) is 67.1. The molecule has 0 aliphatic rings. The summed E-state index contributed by atoms with van der Waals surface area (Å²) < 4.78 is 12.0. The maximum absolute atomic E-state index is 12.6. The second kappa shape index (κ2) is 44.0. The molecule has 2 aromatic rings. The minimum atomic E-state index is -1.24. The van der Waals surface area contributed by atoms with E-state index in [1.807, 2.05) is 0 Å². The van der Waals surface area contributed by atoms with Gasteiger partial charge < -0.3 is 20.1 Å². The first-order valence-electron chi connectivity index (χ1n) is 28.8. The molecule has 0 heterocycles. The normalized spacial score (nSPS) is 13.0. The van der Waals surface area contributed by atoms with Crippen LogP contribution in [0.15, 0.2) is 46.6 Å². The highest BCUT2D eigenvalue weighted by Crippen LogP contribution is 2.25. The molecule has 0 saturated heterocycles. The van der Waals surface area contributed by atoms with Crippen LogP contribution in [0.5, 0.6) is 11.5 Å². The van der Waals surface area contributed by atoms with Crippen molar-refractivity contribution in [2.75, 3.05) is 26.3 Å². The van der Waals surface area contributed by atoms with Crippen molar-refractivity contribution in [2.45, 2.75) is 253 Å². The molecule has 2 aromatic carbocycles. The first-order chi connectivity index (χ1) is 36.0. The number of hydrogen-bond acceptors (Lipinski definition) is 12. The van der Waals surface area contributed by atoms with Gasteiger partial charge in [-0.05, 0) is 98.9 Å². The lowest BCUT2D eigenvalue weighted by Gasteiger charge is -2.19. The minimum absolute atomic E-state index is 0.108. The van der Waals surface area contributed by atoms with Crippen LogP contribution in [0.25, 0.3) is 0 Å². The fraction of sp³-hybridized carbons (Fsp3) is 0.733.